The molecule has 0 radical (unpaired) electrons. The summed E-state index contributed by atoms with van der Waals surface area (Å²) in [4.78, 5) is 26.3. The number of carbonyl (C=O) groups excluding carboxylic acids is 2. The Morgan fingerprint density at radius 1 is 1.11 bits per heavy atom. The van der Waals surface area contributed by atoms with Gasteiger partial charge in [0.05, 0.1) is 25.9 Å². The fraction of sp³-hybridized carbons (Fsp3) is 0.300. The van der Waals surface area contributed by atoms with Crippen molar-refractivity contribution in [3.8, 4) is 11.5 Å². The molecule has 0 saturated carbocycles. The zero-order valence-corrected chi connectivity index (χ0v) is 15.6. The van der Waals surface area contributed by atoms with E-state index in [0.717, 1.165) is 17.0 Å². The van der Waals surface area contributed by atoms with Gasteiger partial charge < -0.3 is 25.0 Å². The van der Waals surface area contributed by atoms with Gasteiger partial charge in [-0.1, -0.05) is 6.07 Å². The van der Waals surface area contributed by atoms with Gasteiger partial charge in [-0.2, -0.15) is 0 Å². The molecule has 0 aromatic heterocycles. The number of benzene rings is 2. The number of nitrogens with one attached hydrogen (secondary N) is 2. The minimum Gasteiger partial charge on any atom is -0.497 e. The van der Waals surface area contributed by atoms with Crippen LogP contribution in [0.1, 0.15) is 12.0 Å². The van der Waals surface area contributed by atoms with Gasteiger partial charge in [0.15, 0.2) is 0 Å². The molecule has 0 bridgehead atoms. The second-order valence-electron chi connectivity index (χ2n) is 6.41. The fourth-order valence-electron chi connectivity index (χ4n) is 3.08. The molecule has 1 aliphatic rings. The first-order valence-electron chi connectivity index (χ1n) is 8.66. The molecule has 0 unspecified atom stereocenters. The molecule has 1 fully saturated rings. The van der Waals surface area contributed by atoms with Crippen LogP contribution in [0.2, 0.25) is 0 Å². The second kappa shape index (κ2) is 7.99. The first kappa shape index (κ1) is 18.6. The van der Waals surface area contributed by atoms with Crippen LogP contribution in [0.15, 0.2) is 42.5 Å². The van der Waals surface area contributed by atoms with Crippen LogP contribution in [-0.4, -0.2) is 38.7 Å². The summed E-state index contributed by atoms with van der Waals surface area (Å²) in [5.74, 6) is 1.28. The highest BCUT2D eigenvalue weighted by molar-refractivity contribution is 5.98. The molecule has 27 heavy (non-hydrogen) atoms. The number of amides is 3. The van der Waals surface area contributed by atoms with Crippen LogP contribution >= 0.6 is 0 Å². The molecule has 2 aromatic carbocycles. The van der Waals surface area contributed by atoms with Crippen LogP contribution in [0.3, 0.4) is 0 Å². The van der Waals surface area contributed by atoms with Crippen LogP contribution in [0.25, 0.3) is 0 Å². The van der Waals surface area contributed by atoms with Gasteiger partial charge in [0, 0.05) is 18.7 Å². The predicted molar refractivity (Wildman–Crippen MR) is 104 cm³/mol. The maximum Gasteiger partial charge on any atom is 0.319 e. The molecule has 1 heterocycles. The van der Waals surface area contributed by atoms with Crippen molar-refractivity contribution in [1.82, 2.24) is 5.32 Å². The lowest BCUT2D eigenvalue weighted by Gasteiger charge is -2.18. The second-order valence-corrected chi connectivity index (χ2v) is 6.41. The molecule has 1 aliphatic heterocycles. The predicted octanol–water partition coefficient (Wildman–Crippen LogP) is 2.94. The Labute approximate surface area is 158 Å². The number of nitrogens with zero attached hydrogens (tertiary/aromatic N) is 1. The molecule has 0 spiro atoms. The Kier molecular flexibility index (Phi) is 5.49. The van der Waals surface area contributed by atoms with Gasteiger partial charge in [-0.15, -0.1) is 0 Å². The van der Waals surface area contributed by atoms with E-state index in [1.165, 1.54) is 0 Å². The summed E-state index contributed by atoms with van der Waals surface area (Å²) in [5.41, 5.74) is 2.38. The van der Waals surface area contributed by atoms with Crippen LogP contribution in [-0.2, 0) is 4.79 Å². The molecular weight excluding hydrogens is 346 g/mol. The van der Waals surface area contributed by atoms with E-state index in [4.69, 9.17) is 9.47 Å². The van der Waals surface area contributed by atoms with Crippen molar-refractivity contribution in [2.24, 2.45) is 0 Å². The van der Waals surface area contributed by atoms with E-state index in [1.54, 1.807) is 37.3 Å². The Hall–Kier alpha value is -3.22. The minimum absolute atomic E-state index is 0.0291. The molecule has 2 N–H and O–H groups in total. The monoisotopic (exact) mass is 369 g/mol. The van der Waals surface area contributed by atoms with Crippen molar-refractivity contribution in [2.45, 2.75) is 19.4 Å². The Morgan fingerprint density at radius 3 is 2.52 bits per heavy atom. The van der Waals surface area contributed by atoms with Gasteiger partial charge in [-0.05, 0) is 48.9 Å². The van der Waals surface area contributed by atoms with Crippen molar-refractivity contribution in [3.05, 3.63) is 48.0 Å². The molecule has 3 amide bonds. The van der Waals surface area contributed by atoms with E-state index >= 15 is 0 Å². The summed E-state index contributed by atoms with van der Waals surface area (Å²) in [6.07, 6.45) is 0.254. The van der Waals surface area contributed by atoms with Crippen molar-refractivity contribution >= 4 is 23.3 Å². The summed E-state index contributed by atoms with van der Waals surface area (Å²) >= 11 is 0. The maximum atomic E-state index is 12.4. The summed E-state index contributed by atoms with van der Waals surface area (Å²) in [6, 6.07) is 12.2. The highest BCUT2D eigenvalue weighted by atomic mass is 16.5. The first-order chi connectivity index (χ1) is 13.0. The highest BCUT2D eigenvalue weighted by Gasteiger charge is 2.31. The Bertz CT molecular complexity index is 836. The number of aryl methyl sites for hydroxylation is 1. The average Bonchev–Trinajstić information content (AvgIpc) is 3.02. The van der Waals surface area contributed by atoms with Crippen LogP contribution in [0.5, 0.6) is 11.5 Å². The number of anilines is 2. The molecule has 0 aliphatic carbocycles. The number of hydrogen-bond acceptors (Lipinski definition) is 4. The van der Waals surface area contributed by atoms with Crippen LogP contribution in [0.4, 0.5) is 16.2 Å². The zero-order chi connectivity index (χ0) is 19.4. The molecule has 3 rings (SSSR count). The normalized spacial score (nSPS) is 16.2. The molecule has 142 valence electrons. The molecular formula is C20H23N3O4. The standard InChI is InChI=1S/C20H23N3O4/c1-13-4-9-18(27-3)17(10-13)22-20(25)21-14-11-19(24)23(12-14)15-5-7-16(26-2)8-6-15/h4-10,14H,11-12H2,1-3H3,(H2,21,22,25)/t14-/m0/s1. The molecule has 1 atom stereocenters. The van der Waals surface area contributed by atoms with E-state index in [2.05, 4.69) is 10.6 Å². The van der Waals surface area contributed by atoms with E-state index in [-0.39, 0.29) is 24.4 Å². The molecule has 7 heteroatoms. The Balaban J connectivity index is 1.62. The van der Waals surface area contributed by atoms with Gasteiger partial charge in [0.1, 0.15) is 11.5 Å². The smallest absolute Gasteiger partial charge is 0.319 e. The Morgan fingerprint density at radius 2 is 1.85 bits per heavy atom. The van der Waals surface area contributed by atoms with Crippen molar-refractivity contribution < 1.29 is 19.1 Å². The molecule has 2 aromatic rings. The van der Waals surface area contributed by atoms with Gasteiger partial charge >= 0.3 is 6.03 Å². The van der Waals surface area contributed by atoms with Crippen LogP contribution < -0.4 is 25.0 Å². The van der Waals surface area contributed by atoms with E-state index < -0.39 is 0 Å². The third kappa shape index (κ3) is 4.31. The minimum atomic E-state index is -0.367. The third-order valence-corrected chi connectivity index (χ3v) is 4.45. The SMILES string of the molecule is COc1ccc(N2C[C@@H](NC(=O)Nc3cc(C)ccc3OC)CC2=O)cc1. The van der Waals surface area contributed by atoms with Gasteiger partial charge in [0.2, 0.25) is 5.91 Å². The van der Waals surface area contributed by atoms with Crippen molar-refractivity contribution in [3.63, 3.8) is 0 Å². The summed E-state index contributed by atoms with van der Waals surface area (Å²) in [6.45, 7) is 2.36. The quantitative estimate of drug-likeness (QED) is 0.849. The maximum absolute atomic E-state index is 12.4. The summed E-state index contributed by atoms with van der Waals surface area (Å²) in [7, 11) is 3.15. The highest BCUT2D eigenvalue weighted by Crippen LogP contribution is 2.26. The number of hydrogen-bond donors (Lipinski definition) is 2. The van der Waals surface area contributed by atoms with Gasteiger partial charge in [0.25, 0.3) is 0 Å². The first-order valence-corrected chi connectivity index (χ1v) is 8.66. The molecule has 1 saturated heterocycles. The lowest BCUT2D eigenvalue weighted by Crippen LogP contribution is -2.39. The number of carbonyl (C=O) groups is 2. The summed E-state index contributed by atoms with van der Waals surface area (Å²) < 4.78 is 10.4. The lowest BCUT2D eigenvalue weighted by atomic mass is 10.2. The van der Waals surface area contributed by atoms with Gasteiger partial charge in [-0.25, -0.2) is 4.79 Å². The van der Waals surface area contributed by atoms with E-state index in [9.17, 15) is 9.59 Å². The van der Waals surface area contributed by atoms with E-state index in [0.29, 0.717) is 18.0 Å². The van der Waals surface area contributed by atoms with Crippen LogP contribution in [0, 0.1) is 6.92 Å². The topological polar surface area (TPSA) is 79.9 Å². The third-order valence-electron chi connectivity index (χ3n) is 4.45. The number of ether oxygens (including phenoxy) is 2. The number of urea groups is 1. The van der Waals surface area contributed by atoms with Crippen molar-refractivity contribution in [1.29, 1.82) is 0 Å². The van der Waals surface area contributed by atoms with E-state index in [1.807, 2.05) is 31.2 Å². The number of rotatable bonds is 5. The van der Waals surface area contributed by atoms with Crippen molar-refractivity contribution in [2.75, 3.05) is 31.0 Å². The fourth-order valence-corrected chi connectivity index (χ4v) is 3.08. The average molecular weight is 369 g/mol. The van der Waals surface area contributed by atoms with Gasteiger partial charge in [-0.3, -0.25) is 4.79 Å². The molecule has 7 nitrogen and oxygen atoms in total. The summed E-state index contributed by atoms with van der Waals surface area (Å²) in [5, 5.41) is 5.65. The zero-order valence-electron chi connectivity index (χ0n) is 15.6. The lowest BCUT2D eigenvalue weighted by molar-refractivity contribution is -0.117. The largest absolute Gasteiger partial charge is 0.497 e. The number of methoxy groups -OCH3 is 2.